The highest BCUT2D eigenvalue weighted by Gasteiger charge is 2.23. The van der Waals surface area contributed by atoms with E-state index in [0.29, 0.717) is 29.5 Å². The van der Waals surface area contributed by atoms with Crippen molar-refractivity contribution < 1.29 is 14.3 Å². The van der Waals surface area contributed by atoms with Crippen LogP contribution in [0.25, 0.3) is 0 Å². The zero-order valence-corrected chi connectivity index (χ0v) is 12.8. The summed E-state index contributed by atoms with van der Waals surface area (Å²) in [5, 5.41) is 3.05. The van der Waals surface area contributed by atoms with E-state index in [-0.39, 0.29) is 0 Å². The molecule has 1 aliphatic heterocycles. The number of hydrogen-bond donors (Lipinski definition) is 1. The van der Waals surface area contributed by atoms with Crippen LogP contribution in [0.1, 0.15) is 25.7 Å². The van der Waals surface area contributed by atoms with E-state index in [4.69, 9.17) is 16.3 Å². The van der Waals surface area contributed by atoms with Crippen molar-refractivity contribution in [2.75, 3.05) is 25.5 Å². The molecule has 0 unspecified atom stereocenters. The van der Waals surface area contributed by atoms with Crippen LogP contribution in [0, 0.1) is 0 Å². The molecule has 6 heteroatoms. The van der Waals surface area contributed by atoms with Gasteiger partial charge in [-0.15, -0.1) is 0 Å². The minimum Gasteiger partial charge on any atom is -0.495 e. The van der Waals surface area contributed by atoms with E-state index in [1.54, 1.807) is 23.1 Å². The topological polar surface area (TPSA) is 58.6 Å². The third-order valence-electron chi connectivity index (χ3n) is 3.50. The average Bonchev–Trinajstić information content (AvgIpc) is 2.75. The summed E-state index contributed by atoms with van der Waals surface area (Å²) >= 11 is 5.90. The van der Waals surface area contributed by atoms with Gasteiger partial charge in [0.15, 0.2) is 0 Å². The Morgan fingerprint density at radius 2 is 1.86 bits per heavy atom. The summed E-state index contributed by atoms with van der Waals surface area (Å²) in [5.41, 5.74) is 0.401. The van der Waals surface area contributed by atoms with Crippen molar-refractivity contribution in [2.24, 2.45) is 0 Å². The Morgan fingerprint density at radius 1 is 1.19 bits per heavy atom. The van der Waals surface area contributed by atoms with Crippen molar-refractivity contribution in [3.05, 3.63) is 23.2 Å². The second-order valence-electron chi connectivity index (χ2n) is 5.01. The maximum atomic E-state index is 12.2. The molecular formula is C15H19ClN2O3. The van der Waals surface area contributed by atoms with Crippen molar-refractivity contribution >= 4 is 29.1 Å². The molecule has 1 saturated heterocycles. The third kappa shape index (κ3) is 4.11. The SMILES string of the molecule is COc1ccc(Cl)cc1NC(=O)C(=O)N1CCCCCC1. The molecule has 1 heterocycles. The Labute approximate surface area is 129 Å². The molecule has 0 radical (unpaired) electrons. The summed E-state index contributed by atoms with van der Waals surface area (Å²) < 4.78 is 5.15. The van der Waals surface area contributed by atoms with Gasteiger partial charge in [-0.25, -0.2) is 0 Å². The summed E-state index contributed by atoms with van der Waals surface area (Å²) in [6.45, 7) is 1.28. The lowest BCUT2D eigenvalue weighted by molar-refractivity contribution is -0.143. The number of halogens is 1. The molecule has 1 aromatic carbocycles. The molecule has 114 valence electrons. The molecule has 0 aromatic heterocycles. The monoisotopic (exact) mass is 310 g/mol. The van der Waals surface area contributed by atoms with Crippen molar-refractivity contribution in [1.29, 1.82) is 0 Å². The van der Waals surface area contributed by atoms with Crippen LogP contribution in [0.4, 0.5) is 5.69 Å². The molecule has 21 heavy (non-hydrogen) atoms. The smallest absolute Gasteiger partial charge is 0.314 e. The van der Waals surface area contributed by atoms with Crippen molar-refractivity contribution in [2.45, 2.75) is 25.7 Å². The standard InChI is InChI=1S/C15H19ClN2O3/c1-21-13-7-6-11(16)10-12(13)17-14(19)15(20)18-8-4-2-3-5-9-18/h6-7,10H,2-5,8-9H2,1H3,(H,17,19). The number of amides is 2. The average molecular weight is 311 g/mol. The Kier molecular flexibility index (Phi) is 5.44. The van der Waals surface area contributed by atoms with Crippen LogP contribution in [0.5, 0.6) is 5.75 Å². The highest BCUT2D eigenvalue weighted by atomic mass is 35.5. The first-order chi connectivity index (χ1) is 10.1. The van der Waals surface area contributed by atoms with Gasteiger partial charge in [0.2, 0.25) is 0 Å². The Bertz CT molecular complexity index is 526. The highest BCUT2D eigenvalue weighted by molar-refractivity contribution is 6.40. The molecule has 0 spiro atoms. The summed E-state index contributed by atoms with van der Waals surface area (Å²) in [6, 6.07) is 4.87. The minimum atomic E-state index is -0.655. The van der Waals surface area contributed by atoms with Gasteiger partial charge < -0.3 is 15.0 Å². The van der Waals surface area contributed by atoms with Gasteiger partial charge in [-0.2, -0.15) is 0 Å². The predicted octanol–water partition coefficient (Wildman–Crippen LogP) is 2.69. The fraction of sp³-hybridized carbons (Fsp3) is 0.467. The summed E-state index contributed by atoms with van der Waals surface area (Å²) in [7, 11) is 1.50. The second-order valence-corrected chi connectivity index (χ2v) is 5.44. The zero-order valence-electron chi connectivity index (χ0n) is 12.0. The molecule has 2 amide bonds. The van der Waals surface area contributed by atoms with Gasteiger partial charge in [0, 0.05) is 18.1 Å². The van der Waals surface area contributed by atoms with E-state index < -0.39 is 11.8 Å². The Balaban J connectivity index is 2.06. The van der Waals surface area contributed by atoms with E-state index in [1.165, 1.54) is 7.11 Å². The molecule has 0 atom stereocenters. The fourth-order valence-electron chi connectivity index (χ4n) is 2.37. The van der Waals surface area contributed by atoms with E-state index in [2.05, 4.69) is 5.32 Å². The molecule has 1 aliphatic rings. The maximum Gasteiger partial charge on any atom is 0.314 e. The van der Waals surface area contributed by atoms with Crippen molar-refractivity contribution in [3.63, 3.8) is 0 Å². The molecule has 0 saturated carbocycles. The lowest BCUT2D eigenvalue weighted by atomic mass is 10.2. The van der Waals surface area contributed by atoms with Crippen LogP contribution in [-0.2, 0) is 9.59 Å². The van der Waals surface area contributed by atoms with Crippen LogP contribution < -0.4 is 10.1 Å². The van der Waals surface area contributed by atoms with Crippen LogP contribution >= 0.6 is 11.6 Å². The Morgan fingerprint density at radius 3 is 2.48 bits per heavy atom. The molecule has 1 aromatic rings. The number of methoxy groups -OCH3 is 1. The van der Waals surface area contributed by atoms with Gasteiger partial charge >= 0.3 is 11.8 Å². The molecule has 2 rings (SSSR count). The number of nitrogens with one attached hydrogen (secondary N) is 1. The van der Waals surface area contributed by atoms with Crippen molar-refractivity contribution in [3.8, 4) is 5.75 Å². The van der Waals surface area contributed by atoms with E-state index in [0.717, 1.165) is 25.7 Å². The first-order valence-corrected chi connectivity index (χ1v) is 7.43. The first-order valence-electron chi connectivity index (χ1n) is 7.05. The van der Waals surface area contributed by atoms with Gasteiger partial charge in [0.05, 0.1) is 12.8 Å². The molecular weight excluding hydrogens is 292 g/mol. The van der Waals surface area contributed by atoms with Crippen molar-refractivity contribution in [1.82, 2.24) is 4.90 Å². The second kappa shape index (κ2) is 7.31. The van der Waals surface area contributed by atoms with Gasteiger partial charge in [0.25, 0.3) is 0 Å². The molecule has 5 nitrogen and oxygen atoms in total. The number of likely N-dealkylation sites (tertiary alicyclic amines) is 1. The number of benzene rings is 1. The molecule has 1 fully saturated rings. The van der Waals surface area contributed by atoms with E-state index in [1.807, 2.05) is 0 Å². The first kappa shape index (κ1) is 15.6. The Hall–Kier alpha value is -1.75. The van der Waals surface area contributed by atoms with Crippen LogP contribution in [-0.4, -0.2) is 36.9 Å². The minimum absolute atomic E-state index is 0.401. The fourth-order valence-corrected chi connectivity index (χ4v) is 2.54. The molecule has 0 aliphatic carbocycles. The van der Waals surface area contributed by atoms with E-state index >= 15 is 0 Å². The predicted molar refractivity (Wildman–Crippen MR) is 81.7 cm³/mol. The summed E-state index contributed by atoms with van der Waals surface area (Å²) in [6.07, 6.45) is 4.10. The van der Waals surface area contributed by atoms with Crippen LogP contribution in [0.3, 0.4) is 0 Å². The lowest BCUT2D eigenvalue weighted by Crippen LogP contribution is -2.40. The number of nitrogens with zero attached hydrogens (tertiary/aromatic N) is 1. The number of hydrogen-bond acceptors (Lipinski definition) is 3. The van der Waals surface area contributed by atoms with Crippen LogP contribution in [0.15, 0.2) is 18.2 Å². The van der Waals surface area contributed by atoms with Crippen LogP contribution in [0.2, 0.25) is 5.02 Å². The number of ether oxygens (including phenoxy) is 1. The highest BCUT2D eigenvalue weighted by Crippen LogP contribution is 2.27. The van der Waals surface area contributed by atoms with Gasteiger partial charge in [-0.3, -0.25) is 9.59 Å². The zero-order chi connectivity index (χ0) is 15.2. The van der Waals surface area contributed by atoms with Gasteiger partial charge in [-0.05, 0) is 31.0 Å². The quantitative estimate of drug-likeness (QED) is 0.854. The third-order valence-corrected chi connectivity index (χ3v) is 3.73. The number of rotatable bonds is 2. The number of carbonyl (C=O) groups is 2. The summed E-state index contributed by atoms with van der Waals surface area (Å²) in [4.78, 5) is 25.9. The van der Waals surface area contributed by atoms with Gasteiger partial charge in [0.1, 0.15) is 5.75 Å². The van der Waals surface area contributed by atoms with Gasteiger partial charge in [-0.1, -0.05) is 24.4 Å². The largest absolute Gasteiger partial charge is 0.495 e. The lowest BCUT2D eigenvalue weighted by Gasteiger charge is -2.19. The van der Waals surface area contributed by atoms with E-state index in [9.17, 15) is 9.59 Å². The number of anilines is 1. The normalized spacial score (nSPS) is 15.2. The maximum absolute atomic E-state index is 12.2. The molecule has 1 N–H and O–H groups in total. The molecule has 0 bridgehead atoms. The summed E-state index contributed by atoms with van der Waals surface area (Å²) in [5.74, 6) is -0.687. The number of carbonyl (C=O) groups excluding carboxylic acids is 2.